The number of fused-ring (bicyclic) bond motifs is 1. The predicted octanol–water partition coefficient (Wildman–Crippen LogP) is 4.64. The molecule has 0 N–H and O–H groups in total. The van der Waals surface area contributed by atoms with Gasteiger partial charge < -0.3 is 4.42 Å². The van der Waals surface area contributed by atoms with E-state index in [1.807, 2.05) is 6.07 Å². The molecule has 3 heteroatoms. The first-order valence-electron chi connectivity index (χ1n) is 6.51. The molecule has 1 aromatic heterocycles. The molecule has 0 aliphatic carbocycles. The van der Waals surface area contributed by atoms with Gasteiger partial charge in [-0.05, 0) is 41.9 Å². The molecule has 1 unspecified atom stereocenters. The van der Waals surface area contributed by atoms with Gasteiger partial charge in [0.25, 0.3) is 0 Å². The zero-order chi connectivity index (χ0) is 13.3. The molecule has 0 amide bonds. The Morgan fingerprint density at radius 3 is 2.56 bits per heavy atom. The summed E-state index contributed by atoms with van der Waals surface area (Å²) < 4.78 is 6.07. The van der Waals surface area contributed by atoms with E-state index in [1.165, 1.54) is 23.3 Å². The Kier molecular flexibility index (Phi) is 3.91. The van der Waals surface area contributed by atoms with Crippen molar-refractivity contribution in [2.75, 3.05) is 0 Å². The molecule has 0 aliphatic heterocycles. The van der Waals surface area contributed by atoms with Gasteiger partial charge in [0.15, 0.2) is 0 Å². The van der Waals surface area contributed by atoms with Gasteiger partial charge in [-0.25, -0.2) is 4.79 Å². The second-order valence-electron chi connectivity index (χ2n) is 5.64. The van der Waals surface area contributed by atoms with Crippen molar-refractivity contribution in [2.24, 2.45) is 11.8 Å². The summed E-state index contributed by atoms with van der Waals surface area (Å²) in [6.07, 6.45) is 1.18. The van der Waals surface area contributed by atoms with Gasteiger partial charge >= 0.3 is 4.94 Å². The van der Waals surface area contributed by atoms with Crippen molar-refractivity contribution in [1.29, 1.82) is 0 Å². The zero-order valence-corrected chi connectivity index (χ0v) is 12.2. The summed E-state index contributed by atoms with van der Waals surface area (Å²) in [5.41, 5.74) is 2.03. The number of hydrogen-bond donors (Lipinski definition) is 0. The molecule has 0 saturated heterocycles. The van der Waals surface area contributed by atoms with Gasteiger partial charge in [0.2, 0.25) is 0 Å². The molecule has 2 aromatic rings. The topological polar surface area (TPSA) is 30.2 Å². The molecule has 0 bridgehead atoms. The van der Waals surface area contributed by atoms with E-state index in [4.69, 9.17) is 4.42 Å². The van der Waals surface area contributed by atoms with Crippen molar-refractivity contribution in [1.82, 2.24) is 0 Å². The first-order chi connectivity index (χ1) is 8.47. The summed E-state index contributed by atoms with van der Waals surface area (Å²) in [6, 6.07) is 6.15. The van der Waals surface area contributed by atoms with Crippen LogP contribution in [0.15, 0.2) is 27.4 Å². The van der Waals surface area contributed by atoms with Gasteiger partial charge in [-0.2, -0.15) is 0 Å². The predicted molar refractivity (Wildman–Crippen MR) is 77.4 cm³/mol. The maximum absolute atomic E-state index is 11.2. The molecule has 0 fully saturated rings. The molecule has 98 valence electrons. The van der Waals surface area contributed by atoms with E-state index in [1.54, 1.807) is 0 Å². The molecule has 2 rings (SSSR count). The van der Waals surface area contributed by atoms with Gasteiger partial charge in [-0.15, -0.1) is 0 Å². The lowest BCUT2D eigenvalue weighted by atomic mass is 9.82. The molecule has 2 nitrogen and oxygen atoms in total. The van der Waals surface area contributed by atoms with Crippen LogP contribution in [-0.2, 0) is 0 Å². The fourth-order valence-electron chi connectivity index (χ4n) is 2.42. The Hall–Kier alpha value is -1.09. The number of rotatable bonds is 4. The molecular weight excluding hydrogens is 244 g/mol. The quantitative estimate of drug-likeness (QED) is 0.805. The Morgan fingerprint density at radius 2 is 1.94 bits per heavy atom. The lowest BCUT2D eigenvalue weighted by Gasteiger charge is -2.23. The summed E-state index contributed by atoms with van der Waals surface area (Å²) in [5.74, 6) is 1.83. The molecule has 1 atom stereocenters. The van der Waals surface area contributed by atoms with E-state index in [0.29, 0.717) is 23.3 Å². The number of hydrogen-bond acceptors (Lipinski definition) is 3. The van der Waals surface area contributed by atoms with Crippen LogP contribution in [-0.4, -0.2) is 0 Å². The average Bonchev–Trinajstić information content (AvgIpc) is 2.64. The largest absolute Gasteiger partial charge is 0.414 e. The summed E-state index contributed by atoms with van der Waals surface area (Å²) in [7, 11) is 0. The lowest BCUT2D eigenvalue weighted by Crippen LogP contribution is -2.09. The normalized spacial score (nSPS) is 13.7. The molecule has 0 radical (unpaired) electrons. The Labute approximate surface area is 112 Å². The minimum Gasteiger partial charge on any atom is -0.414 e. The Balaban J connectivity index is 2.40. The molecule has 1 heterocycles. The van der Waals surface area contributed by atoms with Crippen molar-refractivity contribution in [3.05, 3.63) is 33.5 Å². The smallest absolute Gasteiger partial charge is 0.396 e. The van der Waals surface area contributed by atoms with Crippen molar-refractivity contribution in [2.45, 2.75) is 40.0 Å². The first-order valence-corrected chi connectivity index (χ1v) is 7.32. The lowest BCUT2D eigenvalue weighted by molar-refractivity contribution is 0.408. The average molecular weight is 264 g/mol. The Bertz CT molecular complexity index is 577. The molecule has 0 aliphatic rings. The summed E-state index contributed by atoms with van der Waals surface area (Å²) in [5, 5.41) is 0. The van der Waals surface area contributed by atoms with Crippen LogP contribution < -0.4 is 4.94 Å². The van der Waals surface area contributed by atoms with Crippen molar-refractivity contribution < 1.29 is 4.42 Å². The van der Waals surface area contributed by atoms with Gasteiger partial charge in [0, 0.05) is 0 Å². The third-order valence-electron chi connectivity index (χ3n) is 3.31. The van der Waals surface area contributed by atoms with E-state index in [2.05, 4.69) is 39.8 Å². The molecule has 18 heavy (non-hydrogen) atoms. The van der Waals surface area contributed by atoms with Gasteiger partial charge in [0.05, 0.1) is 4.70 Å². The highest BCUT2D eigenvalue weighted by Crippen LogP contribution is 2.33. The van der Waals surface area contributed by atoms with Crippen molar-refractivity contribution in [3.8, 4) is 0 Å². The van der Waals surface area contributed by atoms with Gasteiger partial charge in [-0.3, -0.25) is 0 Å². The highest BCUT2D eigenvalue weighted by Gasteiger charge is 2.18. The van der Waals surface area contributed by atoms with E-state index in [0.717, 1.165) is 4.70 Å². The van der Waals surface area contributed by atoms with E-state index < -0.39 is 0 Å². The SMILES string of the molecule is CC(C)CC(c1ccc2oc(=O)sc2c1)C(C)C. The minimum atomic E-state index is -0.216. The monoisotopic (exact) mass is 264 g/mol. The third-order valence-corrected chi connectivity index (χ3v) is 4.10. The van der Waals surface area contributed by atoms with Gasteiger partial charge in [0.1, 0.15) is 5.58 Å². The van der Waals surface area contributed by atoms with Crippen molar-refractivity contribution in [3.63, 3.8) is 0 Å². The minimum absolute atomic E-state index is 0.216. The fourth-order valence-corrected chi connectivity index (χ4v) is 3.14. The Morgan fingerprint density at radius 1 is 1.22 bits per heavy atom. The number of benzene rings is 1. The highest BCUT2D eigenvalue weighted by atomic mass is 32.1. The second-order valence-corrected chi connectivity index (χ2v) is 6.62. The standard InChI is InChI=1S/C15H20O2S/c1-9(2)7-12(10(3)4)11-5-6-13-14(8-11)18-15(16)17-13/h5-6,8-10,12H,7H2,1-4H3. The molecule has 1 aromatic carbocycles. The van der Waals surface area contributed by atoms with Crippen LogP contribution in [0.5, 0.6) is 0 Å². The van der Waals surface area contributed by atoms with E-state index in [9.17, 15) is 4.79 Å². The maximum Gasteiger partial charge on any atom is 0.396 e. The molecule has 0 saturated carbocycles. The highest BCUT2D eigenvalue weighted by molar-refractivity contribution is 7.16. The van der Waals surface area contributed by atoms with Crippen LogP contribution in [0.3, 0.4) is 0 Å². The maximum atomic E-state index is 11.2. The summed E-state index contributed by atoms with van der Waals surface area (Å²) in [4.78, 5) is 11.0. The van der Waals surface area contributed by atoms with Crippen LogP contribution in [0, 0.1) is 11.8 Å². The van der Waals surface area contributed by atoms with Crippen LogP contribution in [0.25, 0.3) is 10.3 Å². The molecule has 0 spiro atoms. The van der Waals surface area contributed by atoms with Crippen molar-refractivity contribution >= 4 is 21.6 Å². The summed E-state index contributed by atoms with van der Waals surface area (Å²) >= 11 is 1.19. The van der Waals surface area contributed by atoms with Crippen LogP contribution in [0.4, 0.5) is 0 Å². The van der Waals surface area contributed by atoms with E-state index >= 15 is 0 Å². The second kappa shape index (κ2) is 5.27. The molecular formula is C15H20O2S. The van der Waals surface area contributed by atoms with Crippen LogP contribution in [0.2, 0.25) is 0 Å². The zero-order valence-electron chi connectivity index (χ0n) is 11.4. The summed E-state index contributed by atoms with van der Waals surface area (Å²) in [6.45, 7) is 9.03. The van der Waals surface area contributed by atoms with Crippen LogP contribution >= 0.6 is 11.3 Å². The fraction of sp³-hybridized carbons (Fsp3) is 0.533. The third kappa shape index (κ3) is 2.83. The van der Waals surface area contributed by atoms with Gasteiger partial charge in [-0.1, -0.05) is 45.1 Å². The van der Waals surface area contributed by atoms with E-state index in [-0.39, 0.29) is 4.94 Å². The first kappa shape index (κ1) is 13.3. The van der Waals surface area contributed by atoms with Crippen LogP contribution in [0.1, 0.15) is 45.6 Å².